The molecule has 24 heavy (non-hydrogen) atoms. The maximum atomic E-state index is 9.17. The summed E-state index contributed by atoms with van der Waals surface area (Å²) in [5.41, 5.74) is 6.81. The van der Waals surface area contributed by atoms with Gasteiger partial charge in [0.25, 0.3) is 0 Å². The number of nitrogens with zero attached hydrogens (tertiary/aromatic N) is 4. The third-order valence-electron chi connectivity index (χ3n) is 3.99. The van der Waals surface area contributed by atoms with E-state index < -0.39 is 0 Å². The van der Waals surface area contributed by atoms with E-state index in [1.807, 2.05) is 6.92 Å². The normalized spacial score (nSPS) is 20.9. The summed E-state index contributed by atoms with van der Waals surface area (Å²) in [7, 11) is 1.64. The number of nitrogens with two attached hydrogens (primary N) is 1. The van der Waals surface area contributed by atoms with Crippen LogP contribution in [-0.2, 0) is 4.74 Å². The lowest BCUT2D eigenvalue weighted by Crippen LogP contribution is -2.44. The van der Waals surface area contributed by atoms with Gasteiger partial charge in [-0.2, -0.15) is 5.26 Å². The van der Waals surface area contributed by atoms with Crippen molar-refractivity contribution in [3.05, 3.63) is 18.0 Å². The van der Waals surface area contributed by atoms with Crippen LogP contribution in [0.2, 0.25) is 0 Å². The van der Waals surface area contributed by atoms with Crippen molar-refractivity contribution in [2.75, 3.05) is 24.4 Å². The third kappa shape index (κ3) is 3.53. The van der Waals surface area contributed by atoms with Crippen molar-refractivity contribution in [1.29, 1.82) is 5.26 Å². The molecule has 0 unspecified atom stereocenters. The average Bonchev–Trinajstić information content (AvgIpc) is 2.53. The molecule has 0 radical (unpaired) electrons. The fourth-order valence-corrected chi connectivity index (χ4v) is 2.75. The van der Waals surface area contributed by atoms with Crippen LogP contribution in [0.25, 0.3) is 10.9 Å². The number of anilines is 2. The summed E-state index contributed by atoms with van der Waals surface area (Å²) in [6, 6.07) is 4.36. The van der Waals surface area contributed by atoms with E-state index in [2.05, 4.69) is 31.7 Å². The molecule has 0 saturated heterocycles. The standard InChI is InChI=1S/C16H21N7O/c1-9(8-24-2)20-15-14-10(3-13(6-17)21-15)7-19-16(23-14)22-12-4-11(18)5-12/h3,7,9,11-12H,4-5,8,18H2,1-2H3,(H,20,21)(H,19,22,23)/t9-,11-,12-/m1/s1. The van der Waals surface area contributed by atoms with Crippen LogP contribution in [0.15, 0.2) is 12.3 Å². The van der Waals surface area contributed by atoms with Gasteiger partial charge in [0.15, 0.2) is 5.82 Å². The molecule has 1 aliphatic rings. The molecular weight excluding hydrogens is 306 g/mol. The summed E-state index contributed by atoms with van der Waals surface area (Å²) in [5.74, 6) is 1.11. The first kappa shape index (κ1) is 16.4. The van der Waals surface area contributed by atoms with Gasteiger partial charge in [-0.25, -0.2) is 15.0 Å². The van der Waals surface area contributed by atoms with Crippen LogP contribution in [0.3, 0.4) is 0 Å². The molecule has 1 fully saturated rings. The second-order valence-corrected chi connectivity index (χ2v) is 6.17. The number of nitrogens with one attached hydrogen (secondary N) is 2. The first-order valence-electron chi connectivity index (χ1n) is 7.94. The molecule has 0 aliphatic heterocycles. The zero-order chi connectivity index (χ0) is 17.1. The summed E-state index contributed by atoms with van der Waals surface area (Å²) in [6.45, 7) is 2.50. The van der Waals surface area contributed by atoms with E-state index >= 15 is 0 Å². The zero-order valence-corrected chi connectivity index (χ0v) is 13.8. The number of aromatic nitrogens is 3. The van der Waals surface area contributed by atoms with Gasteiger partial charge in [0, 0.05) is 36.8 Å². The molecule has 2 aromatic heterocycles. The number of hydrogen-bond acceptors (Lipinski definition) is 8. The molecule has 8 nitrogen and oxygen atoms in total. The topological polar surface area (TPSA) is 122 Å². The smallest absolute Gasteiger partial charge is 0.223 e. The molecule has 2 aromatic rings. The number of ether oxygens (including phenoxy) is 1. The Kier molecular flexibility index (Phi) is 4.74. The molecule has 0 amide bonds. The minimum absolute atomic E-state index is 0.0376. The predicted octanol–water partition coefficient (Wildman–Crippen LogP) is 1.24. The fourth-order valence-electron chi connectivity index (χ4n) is 2.75. The summed E-state index contributed by atoms with van der Waals surface area (Å²) >= 11 is 0. The van der Waals surface area contributed by atoms with Crippen molar-refractivity contribution < 1.29 is 4.74 Å². The fraction of sp³-hybridized carbons (Fsp3) is 0.500. The lowest BCUT2D eigenvalue weighted by Gasteiger charge is -2.32. The molecule has 1 saturated carbocycles. The zero-order valence-electron chi connectivity index (χ0n) is 13.8. The van der Waals surface area contributed by atoms with Gasteiger partial charge < -0.3 is 21.1 Å². The molecule has 3 rings (SSSR count). The maximum Gasteiger partial charge on any atom is 0.223 e. The largest absolute Gasteiger partial charge is 0.383 e. The van der Waals surface area contributed by atoms with E-state index in [0.29, 0.717) is 35.6 Å². The molecule has 0 aromatic carbocycles. The Labute approximate surface area is 140 Å². The lowest BCUT2D eigenvalue weighted by atomic mass is 9.88. The van der Waals surface area contributed by atoms with Gasteiger partial charge in [-0.3, -0.25) is 0 Å². The summed E-state index contributed by atoms with van der Waals surface area (Å²) in [6.07, 6.45) is 3.55. The molecule has 1 atom stereocenters. The quantitative estimate of drug-likeness (QED) is 0.724. The van der Waals surface area contributed by atoms with Crippen LogP contribution in [0, 0.1) is 11.3 Å². The van der Waals surface area contributed by atoms with E-state index in [4.69, 9.17) is 15.7 Å². The molecule has 126 valence electrons. The Morgan fingerprint density at radius 1 is 1.46 bits per heavy atom. The minimum atomic E-state index is 0.0376. The van der Waals surface area contributed by atoms with Crippen LogP contribution < -0.4 is 16.4 Å². The highest BCUT2D eigenvalue weighted by atomic mass is 16.5. The van der Waals surface area contributed by atoms with Gasteiger partial charge in [-0.15, -0.1) is 0 Å². The van der Waals surface area contributed by atoms with Gasteiger partial charge in [0.1, 0.15) is 17.3 Å². The Balaban J connectivity index is 1.91. The van der Waals surface area contributed by atoms with Crippen molar-refractivity contribution in [3.8, 4) is 6.07 Å². The minimum Gasteiger partial charge on any atom is -0.383 e. The van der Waals surface area contributed by atoms with Gasteiger partial charge >= 0.3 is 0 Å². The molecule has 0 bridgehead atoms. The van der Waals surface area contributed by atoms with Gasteiger partial charge in [-0.1, -0.05) is 0 Å². The van der Waals surface area contributed by atoms with E-state index in [9.17, 15) is 0 Å². The first-order chi connectivity index (χ1) is 11.6. The van der Waals surface area contributed by atoms with Gasteiger partial charge in [0.05, 0.1) is 6.61 Å². The van der Waals surface area contributed by atoms with Crippen LogP contribution in [-0.4, -0.2) is 46.8 Å². The highest BCUT2D eigenvalue weighted by Crippen LogP contribution is 2.25. The van der Waals surface area contributed by atoms with Crippen molar-refractivity contribution in [2.45, 2.75) is 37.9 Å². The maximum absolute atomic E-state index is 9.17. The Hall–Kier alpha value is -2.50. The van der Waals surface area contributed by atoms with Crippen molar-refractivity contribution in [2.24, 2.45) is 5.73 Å². The van der Waals surface area contributed by atoms with E-state index in [1.165, 1.54) is 0 Å². The Morgan fingerprint density at radius 3 is 2.92 bits per heavy atom. The highest BCUT2D eigenvalue weighted by molar-refractivity contribution is 5.89. The second kappa shape index (κ2) is 6.95. The molecule has 0 spiro atoms. The molecule has 4 N–H and O–H groups in total. The average molecular weight is 327 g/mol. The van der Waals surface area contributed by atoms with Crippen LogP contribution in [0.4, 0.5) is 11.8 Å². The Morgan fingerprint density at radius 2 is 2.25 bits per heavy atom. The summed E-state index contributed by atoms with van der Waals surface area (Å²) in [4.78, 5) is 13.2. The van der Waals surface area contributed by atoms with E-state index in [-0.39, 0.29) is 12.1 Å². The monoisotopic (exact) mass is 327 g/mol. The number of methoxy groups -OCH3 is 1. The molecular formula is C16H21N7O. The van der Waals surface area contributed by atoms with Crippen molar-refractivity contribution in [3.63, 3.8) is 0 Å². The number of hydrogen-bond donors (Lipinski definition) is 3. The number of rotatable bonds is 6. The van der Waals surface area contributed by atoms with Gasteiger partial charge in [0.2, 0.25) is 5.95 Å². The summed E-state index contributed by atoms with van der Waals surface area (Å²) in [5, 5.41) is 16.5. The van der Waals surface area contributed by atoms with E-state index in [0.717, 1.165) is 18.2 Å². The van der Waals surface area contributed by atoms with Gasteiger partial charge in [-0.05, 0) is 25.8 Å². The van der Waals surface area contributed by atoms with Crippen LogP contribution in [0.1, 0.15) is 25.5 Å². The third-order valence-corrected chi connectivity index (χ3v) is 3.99. The predicted molar refractivity (Wildman–Crippen MR) is 91.6 cm³/mol. The Bertz CT molecular complexity index is 767. The first-order valence-corrected chi connectivity index (χ1v) is 7.94. The van der Waals surface area contributed by atoms with Crippen molar-refractivity contribution >= 4 is 22.7 Å². The van der Waals surface area contributed by atoms with Crippen LogP contribution >= 0.6 is 0 Å². The molecule has 2 heterocycles. The molecule has 8 heteroatoms. The van der Waals surface area contributed by atoms with E-state index in [1.54, 1.807) is 19.4 Å². The lowest BCUT2D eigenvalue weighted by molar-refractivity contribution is 0.190. The number of nitriles is 1. The number of pyridine rings is 1. The SMILES string of the molecule is COC[C@@H](C)Nc1nc(C#N)cc2cnc(N[C@H]3C[C@H](N)C3)nc12. The van der Waals surface area contributed by atoms with Crippen LogP contribution in [0.5, 0.6) is 0 Å². The highest BCUT2D eigenvalue weighted by Gasteiger charge is 2.26. The second-order valence-electron chi connectivity index (χ2n) is 6.17. The number of fused-ring (bicyclic) bond motifs is 1. The summed E-state index contributed by atoms with van der Waals surface area (Å²) < 4.78 is 5.14. The molecule has 1 aliphatic carbocycles. The van der Waals surface area contributed by atoms with Crippen molar-refractivity contribution in [1.82, 2.24) is 15.0 Å².